The quantitative estimate of drug-likeness (QED) is 0.597. The molecule has 1 aromatic rings. The molecule has 4 nitrogen and oxygen atoms in total. The summed E-state index contributed by atoms with van der Waals surface area (Å²) < 4.78 is 33.7. The molecule has 16 heavy (non-hydrogen) atoms. The normalized spacial score (nSPS) is 11.6. The summed E-state index contributed by atoms with van der Waals surface area (Å²) in [7, 11) is -2.08. The van der Waals surface area contributed by atoms with Gasteiger partial charge in [0.2, 0.25) is 0 Å². The molecule has 0 fully saturated rings. The molecular weight excluding hydrogens is 296 g/mol. The highest BCUT2D eigenvalue weighted by Crippen LogP contribution is 2.16. The first kappa shape index (κ1) is 13.6. The maximum absolute atomic E-state index is 11.6. The number of methoxy groups -OCH3 is 1. The largest absolute Gasteiger partial charge is 0.385 e. The van der Waals surface area contributed by atoms with E-state index in [4.69, 9.17) is 8.92 Å². The van der Waals surface area contributed by atoms with Crippen LogP contribution in [0.15, 0.2) is 33.6 Å². The maximum Gasteiger partial charge on any atom is 0.296 e. The van der Waals surface area contributed by atoms with E-state index in [1.807, 2.05) is 0 Å². The van der Waals surface area contributed by atoms with Gasteiger partial charge in [-0.1, -0.05) is 15.9 Å². The highest BCUT2D eigenvalue weighted by atomic mass is 79.9. The van der Waals surface area contributed by atoms with E-state index in [1.165, 1.54) is 12.1 Å². The Kier molecular flexibility index (Phi) is 5.40. The van der Waals surface area contributed by atoms with E-state index >= 15 is 0 Å². The SMILES string of the molecule is COCCCOS(=O)(=O)c1ccc(Br)cc1. The smallest absolute Gasteiger partial charge is 0.296 e. The van der Waals surface area contributed by atoms with Gasteiger partial charge in [-0.2, -0.15) is 8.42 Å². The van der Waals surface area contributed by atoms with E-state index in [-0.39, 0.29) is 11.5 Å². The van der Waals surface area contributed by atoms with Crippen molar-refractivity contribution >= 4 is 26.0 Å². The van der Waals surface area contributed by atoms with Gasteiger partial charge in [0.05, 0.1) is 11.5 Å². The number of hydrogen-bond acceptors (Lipinski definition) is 4. The fraction of sp³-hybridized carbons (Fsp3) is 0.400. The Hall–Kier alpha value is -0.430. The van der Waals surface area contributed by atoms with Gasteiger partial charge in [0.15, 0.2) is 0 Å². The zero-order valence-electron chi connectivity index (χ0n) is 8.85. The van der Waals surface area contributed by atoms with Crippen molar-refractivity contribution in [1.82, 2.24) is 0 Å². The minimum Gasteiger partial charge on any atom is -0.385 e. The molecule has 0 aliphatic heterocycles. The fourth-order valence-electron chi connectivity index (χ4n) is 1.04. The molecule has 0 heterocycles. The summed E-state index contributed by atoms with van der Waals surface area (Å²) in [6.07, 6.45) is 0.548. The first-order valence-corrected chi connectivity index (χ1v) is 6.90. The molecule has 0 spiro atoms. The van der Waals surface area contributed by atoms with Crippen LogP contribution in [0.4, 0.5) is 0 Å². The molecule has 0 aliphatic carbocycles. The van der Waals surface area contributed by atoms with Gasteiger partial charge < -0.3 is 4.74 Å². The Morgan fingerprint density at radius 1 is 1.19 bits per heavy atom. The van der Waals surface area contributed by atoms with Crippen LogP contribution < -0.4 is 0 Å². The summed E-state index contributed by atoms with van der Waals surface area (Å²) in [5.74, 6) is 0. The second-order valence-electron chi connectivity index (χ2n) is 3.08. The molecule has 0 bridgehead atoms. The highest BCUT2D eigenvalue weighted by Gasteiger charge is 2.14. The van der Waals surface area contributed by atoms with E-state index in [0.717, 1.165) is 4.47 Å². The third-order valence-electron chi connectivity index (χ3n) is 1.83. The Morgan fingerprint density at radius 2 is 1.81 bits per heavy atom. The summed E-state index contributed by atoms with van der Waals surface area (Å²) in [6.45, 7) is 0.613. The highest BCUT2D eigenvalue weighted by molar-refractivity contribution is 9.10. The van der Waals surface area contributed by atoms with Crippen molar-refractivity contribution in [2.45, 2.75) is 11.3 Å². The molecule has 1 aromatic carbocycles. The van der Waals surface area contributed by atoms with E-state index in [1.54, 1.807) is 19.2 Å². The monoisotopic (exact) mass is 308 g/mol. The van der Waals surface area contributed by atoms with Crippen LogP contribution in [0.25, 0.3) is 0 Å². The zero-order valence-corrected chi connectivity index (χ0v) is 11.3. The number of hydrogen-bond donors (Lipinski definition) is 0. The average Bonchev–Trinajstić information content (AvgIpc) is 2.25. The number of halogens is 1. The molecule has 0 amide bonds. The van der Waals surface area contributed by atoms with Gasteiger partial charge in [0.1, 0.15) is 0 Å². The topological polar surface area (TPSA) is 52.6 Å². The third kappa shape index (κ3) is 4.21. The molecule has 0 aliphatic rings. The van der Waals surface area contributed by atoms with E-state index in [2.05, 4.69) is 15.9 Å². The van der Waals surface area contributed by atoms with E-state index in [0.29, 0.717) is 13.0 Å². The van der Waals surface area contributed by atoms with Crippen molar-refractivity contribution in [3.63, 3.8) is 0 Å². The lowest BCUT2D eigenvalue weighted by Gasteiger charge is -2.05. The van der Waals surface area contributed by atoms with Gasteiger partial charge in [0, 0.05) is 18.2 Å². The van der Waals surface area contributed by atoms with Crippen LogP contribution in [0.3, 0.4) is 0 Å². The van der Waals surface area contributed by atoms with Crippen LogP contribution in [-0.4, -0.2) is 28.7 Å². The van der Waals surface area contributed by atoms with Crippen molar-refractivity contribution in [2.75, 3.05) is 20.3 Å². The number of rotatable bonds is 6. The molecule has 90 valence electrons. The summed E-state index contributed by atoms with van der Waals surface area (Å²) in [5, 5.41) is 0. The Balaban J connectivity index is 2.60. The summed E-state index contributed by atoms with van der Waals surface area (Å²) in [6, 6.07) is 6.31. The van der Waals surface area contributed by atoms with Gasteiger partial charge in [-0.15, -0.1) is 0 Å². The van der Waals surface area contributed by atoms with Crippen LogP contribution in [0.2, 0.25) is 0 Å². The van der Waals surface area contributed by atoms with Gasteiger partial charge in [-0.05, 0) is 30.7 Å². The molecular formula is C10H13BrO4S. The van der Waals surface area contributed by atoms with Crippen molar-refractivity contribution < 1.29 is 17.3 Å². The molecule has 0 radical (unpaired) electrons. The number of benzene rings is 1. The lowest BCUT2D eigenvalue weighted by Crippen LogP contribution is -2.08. The molecule has 1 rings (SSSR count). The summed E-state index contributed by atoms with van der Waals surface area (Å²) in [5.41, 5.74) is 0. The van der Waals surface area contributed by atoms with E-state index < -0.39 is 10.1 Å². The van der Waals surface area contributed by atoms with Crippen LogP contribution in [0.1, 0.15) is 6.42 Å². The zero-order chi connectivity index (χ0) is 12.0. The fourth-order valence-corrected chi connectivity index (χ4v) is 2.25. The standard InChI is InChI=1S/C10H13BrO4S/c1-14-7-2-8-15-16(12,13)10-5-3-9(11)4-6-10/h3-6H,2,7-8H2,1H3. The maximum atomic E-state index is 11.6. The van der Waals surface area contributed by atoms with Crippen molar-refractivity contribution in [1.29, 1.82) is 0 Å². The molecule has 6 heteroatoms. The van der Waals surface area contributed by atoms with Crippen LogP contribution in [0, 0.1) is 0 Å². The Morgan fingerprint density at radius 3 is 2.38 bits per heavy atom. The molecule has 0 unspecified atom stereocenters. The predicted octanol–water partition coefficient (Wildman–Crippen LogP) is 2.19. The third-order valence-corrected chi connectivity index (χ3v) is 3.69. The van der Waals surface area contributed by atoms with Crippen molar-refractivity contribution in [2.24, 2.45) is 0 Å². The summed E-state index contributed by atoms with van der Waals surface area (Å²) in [4.78, 5) is 0.160. The van der Waals surface area contributed by atoms with Gasteiger partial charge >= 0.3 is 0 Å². The van der Waals surface area contributed by atoms with Crippen LogP contribution >= 0.6 is 15.9 Å². The lowest BCUT2D eigenvalue weighted by atomic mass is 10.4. The Labute approximate surface area is 104 Å². The average molecular weight is 309 g/mol. The summed E-state index contributed by atoms with van der Waals surface area (Å²) >= 11 is 3.23. The molecule has 0 saturated carbocycles. The van der Waals surface area contributed by atoms with Crippen molar-refractivity contribution in [3.05, 3.63) is 28.7 Å². The number of ether oxygens (including phenoxy) is 1. The minimum absolute atomic E-state index is 0.131. The molecule has 0 N–H and O–H groups in total. The second kappa shape index (κ2) is 6.34. The first-order chi connectivity index (χ1) is 7.56. The van der Waals surface area contributed by atoms with Gasteiger partial charge in [-0.25, -0.2) is 0 Å². The molecule has 0 saturated heterocycles. The Bertz CT molecular complexity index is 413. The van der Waals surface area contributed by atoms with Gasteiger partial charge in [0.25, 0.3) is 10.1 Å². The lowest BCUT2D eigenvalue weighted by molar-refractivity contribution is 0.174. The van der Waals surface area contributed by atoms with Gasteiger partial charge in [-0.3, -0.25) is 4.18 Å². The first-order valence-electron chi connectivity index (χ1n) is 4.70. The predicted molar refractivity (Wildman–Crippen MR) is 63.8 cm³/mol. The molecule has 0 atom stereocenters. The minimum atomic E-state index is -3.63. The molecule has 0 aromatic heterocycles. The van der Waals surface area contributed by atoms with Crippen molar-refractivity contribution in [3.8, 4) is 0 Å². The van der Waals surface area contributed by atoms with Crippen LogP contribution in [0.5, 0.6) is 0 Å². The second-order valence-corrected chi connectivity index (χ2v) is 5.61. The van der Waals surface area contributed by atoms with E-state index in [9.17, 15) is 8.42 Å². The van der Waals surface area contributed by atoms with Crippen LogP contribution in [-0.2, 0) is 19.0 Å².